The van der Waals surface area contributed by atoms with Gasteiger partial charge in [0.1, 0.15) is 5.78 Å². The molecule has 4 nitrogen and oxygen atoms in total. The van der Waals surface area contributed by atoms with Gasteiger partial charge in [0.25, 0.3) is 0 Å². The van der Waals surface area contributed by atoms with Crippen LogP contribution in [0, 0.1) is 0 Å². The van der Waals surface area contributed by atoms with Crippen LogP contribution in [0.2, 0.25) is 0 Å². The van der Waals surface area contributed by atoms with Crippen LogP contribution < -0.4 is 5.73 Å². The predicted molar refractivity (Wildman–Crippen MR) is 74.8 cm³/mol. The molecule has 0 radical (unpaired) electrons. The van der Waals surface area contributed by atoms with Gasteiger partial charge in [-0.1, -0.05) is 30.3 Å². The molecule has 2 rings (SSSR count). The van der Waals surface area contributed by atoms with E-state index in [2.05, 4.69) is 5.10 Å². The van der Waals surface area contributed by atoms with Gasteiger partial charge in [0.05, 0.1) is 12.1 Å². The van der Waals surface area contributed by atoms with Crippen LogP contribution in [0.3, 0.4) is 0 Å². The fourth-order valence-electron chi connectivity index (χ4n) is 2.13. The molecule has 1 atom stereocenters. The lowest BCUT2D eigenvalue weighted by molar-refractivity contribution is -0.119. The molecule has 0 saturated heterocycles. The SMILES string of the molecule is CCn1cc(CC(=O)C(CN)c2ccccc2)cn1. The molecule has 19 heavy (non-hydrogen) atoms. The van der Waals surface area contributed by atoms with E-state index in [0.29, 0.717) is 13.0 Å². The molecule has 1 aromatic heterocycles. The monoisotopic (exact) mass is 257 g/mol. The third-order valence-electron chi connectivity index (χ3n) is 3.22. The van der Waals surface area contributed by atoms with E-state index in [1.54, 1.807) is 6.20 Å². The number of nitrogens with zero attached hydrogens (tertiary/aromatic N) is 2. The van der Waals surface area contributed by atoms with Crippen molar-refractivity contribution in [2.75, 3.05) is 6.54 Å². The smallest absolute Gasteiger partial charge is 0.146 e. The summed E-state index contributed by atoms with van der Waals surface area (Å²) >= 11 is 0. The Hall–Kier alpha value is -1.94. The molecule has 1 heterocycles. The van der Waals surface area contributed by atoms with Gasteiger partial charge in [-0.15, -0.1) is 0 Å². The number of Topliss-reactive ketones (excluding diaryl/α,β-unsaturated/α-hetero) is 1. The molecule has 0 saturated carbocycles. The average Bonchev–Trinajstić information content (AvgIpc) is 2.88. The molecule has 0 fully saturated rings. The first-order valence-corrected chi connectivity index (χ1v) is 6.53. The average molecular weight is 257 g/mol. The zero-order valence-corrected chi connectivity index (χ0v) is 11.1. The lowest BCUT2D eigenvalue weighted by Crippen LogP contribution is -2.23. The summed E-state index contributed by atoms with van der Waals surface area (Å²) in [5, 5.41) is 4.18. The molecule has 1 aromatic carbocycles. The van der Waals surface area contributed by atoms with E-state index in [9.17, 15) is 4.79 Å². The van der Waals surface area contributed by atoms with Crippen LogP contribution in [-0.2, 0) is 17.8 Å². The number of nitrogens with two attached hydrogens (primary N) is 1. The van der Waals surface area contributed by atoms with Crippen molar-refractivity contribution in [3.8, 4) is 0 Å². The highest BCUT2D eigenvalue weighted by Gasteiger charge is 2.19. The van der Waals surface area contributed by atoms with E-state index in [-0.39, 0.29) is 11.7 Å². The van der Waals surface area contributed by atoms with Crippen molar-refractivity contribution in [1.29, 1.82) is 0 Å². The number of hydrogen-bond acceptors (Lipinski definition) is 3. The molecule has 0 spiro atoms. The molecule has 1 unspecified atom stereocenters. The Morgan fingerprint density at radius 3 is 2.68 bits per heavy atom. The Kier molecular flexibility index (Phi) is 4.47. The number of ketones is 1. The number of carbonyl (C=O) groups excluding carboxylic acids is 1. The molecule has 0 bridgehead atoms. The first-order chi connectivity index (χ1) is 9.24. The van der Waals surface area contributed by atoms with Crippen LogP contribution in [0.25, 0.3) is 0 Å². The van der Waals surface area contributed by atoms with E-state index < -0.39 is 0 Å². The molecule has 0 aliphatic heterocycles. The highest BCUT2D eigenvalue weighted by molar-refractivity contribution is 5.87. The normalized spacial score (nSPS) is 12.3. The Morgan fingerprint density at radius 1 is 1.37 bits per heavy atom. The molecule has 2 N–H and O–H groups in total. The van der Waals surface area contributed by atoms with Gasteiger partial charge in [0, 0.05) is 25.7 Å². The van der Waals surface area contributed by atoms with Crippen LogP contribution in [0.5, 0.6) is 0 Å². The Labute approximate surface area is 113 Å². The number of rotatable bonds is 6. The molecule has 4 heteroatoms. The molecule has 0 aliphatic carbocycles. The fourth-order valence-corrected chi connectivity index (χ4v) is 2.13. The van der Waals surface area contributed by atoms with Crippen molar-refractivity contribution in [3.05, 3.63) is 53.9 Å². The summed E-state index contributed by atoms with van der Waals surface area (Å²) in [6.45, 7) is 3.17. The fraction of sp³-hybridized carbons (Fsp3) is 0.333. The number of aryl methyl sites for hydroxylation is 1. The van der Waals surface area contributed by atoms with Gasteiger partial charge in [-0.2, -0.15) is 5.10 Å². The maximum atomic E-state index is 12.3. The topological polar surface area (TPSA) is 60.9 Å². The third kappa shape index (κ3) is 3.29. The summed E-state index contributed by atoms with van der Waals surface area (Å²) in [5.74, 6) is -0.0875. The summed E-state index contributed by atoms with van der Waals surface area (Å²) < 4.78 is 1.82. The lowest BCUT2D eigenvalue weighted by Gasteiger charge is -2.13. The van der Waals surface area contributed by atoms with Crippen molar-refractivity contribution >= 4 is 5.78 Å². The second kappa shape index (κ2) is 6.29. The number of carbonyl (C=O) groups is 1. The van der Waals surface area contributed by atoms with Crippen LogP contribution in [0.15, 0.2) is 42.7 Å². The highest BCUT2D eigenvalue weighted by Crippen LogP contribution is 2.17. The van der Waals surface area contributed by atoms with Crippen molar-refractivity contribution in [3.63, 3.8) is 0 Å². The van der Waals surface area contributed by atoms with E-state index in [0.717, 1.165) is 17.7 Å². The van der Waals surface area contributed by atoms with Crippen LogP contribution in [0.1, 0.15) is 24.0 Å². The van der Waals surface area contributed by atoms with E-state index in [1.807, 2.05) is 48.1 Å². The Balaban J connectivity index is 2.09. The van der Waals surface area contributed by atoms with Gasteiger partial charge in [-0.05, 0) is 18.1 Å². The maximum Gasteiger partial charge on any atom is 0.146 e. The lowest BCUT2D eigenvalue weighted by atomic mass is 9.92. The second-order valence-electron chi connectivity index (χ2n) is 4.55. The maximum absolute atomic E-state index is 12.3. The highest BCUT2D eigenvalue weighted by atomic mass is 16.1. The predicted octanol–water partition coefficient (Wildman–Crippen LogP) is 1.76. The third-order valence-corrected chi connectivity index (χ3v) is 3.22. The molecule has 0 amide bonds. The molecule has 100 valence electrons. The van der Waals surface area contributed by atoms with E-state index >= 15 is 0 Å². The van der Waals surface area contributed by atoms with Crippen molar-refractivity contribution < 1.29 is 4.79 Å². The summed E-state index contributed by atoms with van der Waals surface area (Å²) in [6.07, 6.45) is 4.05. The number of aromatic nitrogens is 2. The van der Waals surface area contributed by atoms with Crippen LogP contribution in [-0.4, -0.2) is 22.1 Å². The summed E-state index contributed by atoms with van der Waals surface area (Å²) in [7, 11) is 0. The summed E-state index contributed by atoms with van der Waals surface area (Å²) in [4.78, 5) is 12.3. The molecular weight excluding hydrogens is 238 g/mol. The van der Waals surface area contributed by atoms with Gasteiger partial charge in [0.2, 0.25) is 0 Å². The summed E-state index contributed by atoms with van der Waals surface area (Å²) in [5.41, 5.74) is 7.68. The van der Waals surface area contributed by atoms with Gasteiger partial charge in [-0.3, -0.25) is 9.48 Å². The molecule has 2 aromatic rings. The number of hydrogen-bond donors (Lipinski definition) is 1. The molecular formula is C15H19N3O. The largest absolute Gasteiger partial charge is 0.329 e. The van der Waals surface area contributed by atoms with Gasteiger partial charge in [-0.25, -0.2) is 0 Å². The van der Waals surface area contributed by atoms with Gasteiger partial charge in [0.15, 0.2) is 0 Å². The second-order valence-corrected chi connectivity index (χ2v) is 4.55. The number of benzene rings is 1. The van der Waals surface area contributed by atoms with E-state index in [4.69, 9.17) is 5.73 Å². The van der Waals surface area contributed by atoms with Crippen LogP contribution >= 0.6 is 0 Å². The summed E-state index contributed by atoms with van der Waals surface area (Å²) in [6, 6.07) is 9.70. The van der Waals surface area contributed by atoms with Crippen LogP contribution in [0.4, 0.5) is 0 Å². The Bertz CT molecular complexity index is 533. The quantitative estimate of drug-likeness (QED) is 0.857. The minimum atomic E-state index is -0.230. The minimum absolute atomic E-state index is 0.143. The van der Waals surface area contributed by atoms with Crippen molar-refractivity contribution in [2.24, 2.45) is 5.73 Å². The van der Waals surface area contributed by atoms with Crippen molar-refractivity contribution in [2.45, 2.75) is 25.8 Å². The zero-order valence-electron chi connectivity index (χ0n) is 11.1. The zero-order chi connectivity index (χ0) is 13.7. The van der Waals surface area contributed by atoms with Gasteiger partial charge >= 0.3 is 0 Å². The van der Waals surface area contributed by atoms with Gasteiger partial charge < -0.3 is 5.73 Å². The van der Waals surface area contributed by atoms with E-state index in [1.165, 1.54) is 0 Å². The molecule has 0 aliphatic rings. The first-order valence-electron chi connectivity index (χ1n) is 6.53. The standard InChI is InChI=1S/C15H19N3O/c1-2-18-11-12(10-17-18)8-15(19)14(9-16)13-6-4-3-5-7-13/h3-7,10-11,14H,2,8-9,16H2,1H3. The first kappa shape index (κ1) is 13.5. The van der Waals surface area contributed by atoms with Crippen molar-refractivity contribution in [1.82, 2.24) is 9.78 Å². The Morgan fingerprint density at radius 2 is 2.11 bits per heavy atom. The minimum Gasteiger partial charge on any atom is -0.329 e.